The van der Waals surface area contributed by atoms with Gasteiger partial charge in [0.25, 0.3) is 5.91 Å². The van der Waals surface area contributed by atoms with Gasteiger partial charge in [-0.1, -0.05) is 53.5 Å². The number of hydrogen-bond donors (Lipinski definition) is 0. The summed E-state index contributed by atoms with van der Waals surface area (Å²) in [5.74, 6) is -1.51. The summed E-state index contributed by atoms with van der Waals surface area (Å²) in [4.78, 5) is 45.0. The number of nitrogens with zero attached hydrogens (tertiary/aromatic N) is 3. The smallest absolute Gasteiger partial charge is 0.336 e. The number of hydrogen-bond acceptors (Lipinski definition) is 5. The number of carbonyl (C=O) groups is 3. The van der Waals surface area contributed by atoms with Gasteiger partial charge in [0.2, 0.25) is 5.91 Å². The second-order valence-corrected chi connectivity index (χ2v) is 11.4. The summed E-state index contributed by atoms with van der Waals surface area (Å²) in [7, 11) is 0. The number of benzene rings is 3. The first-order valence-electron chi connectivity index (χ1n) is 14.2. The molecule has 43 heavy (non-hydrogen) atoms. The molecule has 5 rings (SSSR count). The molecule has 0 aromatic heterocycles. The molecular weight excluding hydrogens is 592 g/mol. The van der Waals surface area contributed by atoms with E-state index in [9.17, 15) is 18.8 Å². The summed E-state index contributed by atoms with van der Waals surface area (Å²) in [6.07, 6.45) is 0.0683. The molecule has 0 aliphatic carbocycles. The van der Waals surface area contributed by atoms with Crippen LogP contribution in [0.25, 0.3) is 0 Å². The van der Waals surface area contributed by atoms with Crippen molar-refractivity contribution in [2.24, 2.45) is 0 Å². The second kappa shape index (κ2) is 13.2. The van der Waals surface area contributed by atoms with E-state index in [1.54, 1.807) is 72.2 Å². The number of carbonyl (C=O) groups excluding carboxylic acids is 3. The van der Waals surface area contributed by atoms with Crippen LogP contribution in [0.1, 0.15) is 47.7 Å². The van der Waals surface area contributed by atoms with E-state index in [0.717, 1.165) is 5.56 Å². The normalized spacial score (nSPS) is 17.4. The van der Waals surface area contributed by atoms with Crippen LogP contribution in [0.4, 0.5) is 10.1 Å². The number of para-hydroxylation sites is 1. The minimum Gasteiger partial charge on any atom is -0.463 e. The quantitative estimate of drug-likeness (QED) is 0.283. The number of esters is 1. The maximum Gasteiger partial charge on any atom is 0.336 e. The third-order valence-corrected chi connectivity index (χ3v) is 8.70. The van der Waals surface area contributed by atoms with Crippen molar-refractivity contribution in [3.8, 4) is 0 Å². The Bertz CT molecular complexity index is 1570. The Hall–Kier alpha value is -3.88. The van der Waals surface area contributed by atoms with Crippen molar-refractivity contribution in [2.75, 3.05) is 37.7 Å². The maximum atomic E-state index is 14.2. The van der Waals surface area contributed by atoms with Gasteiger partial charge in [-0.3, -0.25) is 9.59 Å². The topological polar surface area (TPSA) is 70.2 Å². The monoisotopic (exact) mass is 623 g/mol. The molecule has 1 fully saturated rings. The lowest BCUT2D eigenvalue weighted by Gasteiger charge is -2.36. The van der Waals surface area contributed by atoms with Gasteiger partial charge in [0, 0.05) is 49.8 Å². The lowest BCUT2D eigenvalue weighted by molar-refractivity contribution is -0.140. The molecule has 7 nitrogen and oxygen atoms in total. The highest BCUT2D eigenvalue weighted by molar-refractivity contribution is 6.42. The van der Waals surface area contributed by atoms with E-state index in [2.05, 4.69) is 0 Å². The van der Waals surface area contributed by atoms with Gasteiger partial charge in [-0.25, -0.2) is 9.18 Å². The number of ether oxygens (including phenoxy) is 1. The molecule has 2 heterocycles. The van der Waals surface area contributed by atoms with Crippen molar-refractivity contribution in [1.29, 1.82) is 0 Å². The first-order chi connectivity index (χ1) is 20.7. The average Bonchev–Trinajstić information content (AvgIpc) is 3.01. The van der Waals surface area contributed by atoms with Crippen LogP contribution in [0.15, 0.2) is 78.0 Å². The third-order valence-electron chi connectivity index (χ3n) is 7.97. The largest absolute Gasteiger partial charge is 0.463 e. The molecule has 1 saturated heterocycles. The van der Waals surface area contributed by atoms with Gasteiger partial charge in [0.05, 0.1) is 34.5 Å². The van der Waals surface area contributed by atoms with Crippen LogP contribution in [-0.4, -0.2) is 60.4 Å². The first-order valence-corrected chi connectivity index (χ1v) is 14.9. The number of allylic oxidation sites excluding steroid dienone is 1. The van der Waals surface area contributed by atoms with E-state index < -0.39 is 11.9 Å². The van der Waals surface area contributed by atoms with E-state index in [1.165, 1.54) is 6.07 Å². The molecule has 1 unspecified atom stereocenters. The van der Waals surface area contributed by atoms with E-state index in [-0.39, 0.29) is 37.2 Å². The van der Waals surface area contributed by atoms with E-state index in [1.807, 2.05) is 17.0 Å². The van der Waals surface area contributed by atoms with Crippen LogP contribution < -0.4 is 4.90 Å². The maximum absolute atomic E-state index is 14.2. The zero-order chi connectivity index (χ0) is 30.7. The van der Waals surface area contributed by atoms with Gasteiger partial charge in [-0.05, 0) is 61.4 Å². The van der Waals surface area contributed by atoms with Gasteiger partial charge in [0.15, 0.2) is 0 Å². The average molecular weight is 625 g/mol. The Kier molecular flexibility index (Phi) is 9.37. The molecule has 0 N–H and O–H groups in total. The predicted octanol–water partition coefficient (Wildman–Crippen LogP) is 6.45. The third kappa shape index (κ3) is 6.55. The Morgan fingerprint density at radius 2 is 1.65 bits per heavy atom. The van der Waals surface area contributed by atoms with Gasteiger partial charge in [-0.2, -0.15) is 0 Å². The fourth-order valence-electron chi connectivity index (χ4n) is 5.67. The lowest BCUT2D eigenvalue weighted by atomic mass is 9.83. The van der Waals surface area contributed by atoms with Gasteiger partial charge < -0.3 is 19.4 Å². The fraction of sp³-hybridized carbons (Fsp3) is 0.303. The Morgan fingerprint density at radius 1 is 0.953 bits per heavy atom. The van der Waals surface area contributed by atoms with Crippen molar-refractivity contribution in [3.63, 3.8) is 0 Å². The summed E-state index contributed by atoms with van der Waals surface area (Å²) < 4.78 is 19.6. The zero-order valence-electron chi connectivity index (χ0n) is 24.0. The highest BCUT2D eigenvalue weighted by Gasteiger charge is 2.37. The van der Waals surface area contributed by atoms with Crippen molar-refractivity contribution in [2.45, 2.75) is 32.7 Å². The van der Waals surface area contributed by atoms with Crippen LogP contribution >= 0.6 is 23.2 Å². The van der Waals surface area contributed by atoms with E-state index >= 15 is 0 Å². The van der Waals surface area contributed by atoms with E-state index in [4.69, 9.17) is 27.9 Å². The molecule has 0 radical (unpaired) electrons. The SMILES string of the molecule is CCOC(=O)C1=C(C)N(Cc2ccc(C(=O)N3CCN(c4ccccc4F)CC3)cc2)C(=O)CC1c1ccc(Cl)c(Cl)c1. The molecule has 2 amide bonds. The Labute approximate surface area is 260 Å². The molecule has 0 saturated carbocycles. The number of piperazine rings is 1. The standard InChI is InChI=1S/C33H32Cl2FN3O4/c1-3-43-33(42)31-21(2)39(30(40)19-25(31)24-12-13-26(34)27(35)18-24)20-22-8-10-23(11-9-22)32(41)38-16-14-37(15-17-38)29-7-5-4-6-28(29)36/h4-13,18,25H,3,14-17,19-20H2,1-2H3. The minimum absolute atomic E-state index is 0.0683. The molecule has 2 aliphatic heterocycles. The summed E-state index contributed by atoms with van der Waals surface area (Å²) >= 11 is 12.3. The Morgan fingerprint density at radius 3 is 2.30 bits per heavy atom. The van der Waals surface area contributed by atoms with E-state index in [0.29, 0.717) is 64.3 Å². The summed E-state index contributed by atoms with van der Waals surface area (Å²) in [5, 5.41) is 0.732. The highest BCUT2D eigenvalue weighted by Crippen LogP contribution is 2.39. The molecule has 224 valence electrons. The molecule has 1 atom stereocenters. The molecule has 2 aliphatic rings. The van der Waals surface area contributed by atoms with Crippen molar-refractivity contribution < 1.29 is 23.5 Å². The zero-order valence-corrected chi connectivity index (χ0v) is 25.5. The summed E-state index contributed by atoms with van der Waals surface area (Å²) in [6.45, 7) is 5.96. The molecule has 10 heteroatoms. The summed E-state index contributed by atoms with van der Waals surface area (Å²) in [6, 6.07) is 18.9. The first kappa shape index (κ1) is 30.6. The lowest BCUT2D eigenvalue weighted by Crippen LogP contribution is -2.49. The highest BCUT2D eigenvalue weighted by atomic mass is 35.5. The predicted molar refractivity (Wildman–Crippen MR) is 165 cm³/mol. The molecule has 0 bridgehead atoms. The number of anilines is 1. The van der Waals surface area contributed by atoms with Crippen LogP contribution in [0.3, 0.4) is 0 Å². The van der Waals surface area contributed by atoms with Crippen LogP contribution in [0.2, 0.25) is 10.0 Å². The number of halogens is 3. The van der Waals surface area contributed by atoms with Gasteiger partial charge >= 0.3 is 5.97 Å². The van der Waals surface area contributed by atoms with Crippen molar-refractivity contribution >= 4 is 46.7 Å². The minimum atomic E-state index is -0.517. The fourth-order valence-corrected chi connectivity index (χ4v) is 5.97. The van der Waals surface area contributed by atoms with Crippen LogP contribution in [-0.2, 0) is 20.9 Å². The van der Waals surface area contributed by atoms with Crippen LogP contribution in [0, 0.1) is 5.82 Å². The molecule has 3 aromatic carbocycles. The number of rotatable bonds is 7. The van der Waals surface area contributed by atoms with Crippen LogP contribution in [0.5, 0.6) is 0 Å². The molecular formula is C33H32Cl2FN3O4. The number of amides is 2. The van der Waals surface area contributed by atoms with Gasteiger partial charge in [-0.15, -0.1) is 0 Å². The summed E-state index contributed by atoms with van der Waals surface area (Å²) in [5.41, 5.74) is 3.52. The molecule has 0 spiro atoms. The second-order valence-electron chi connectivity index (χ2n) is 10.6. The van der Waals surface area contributed by atoms with Crippen molar-refractivity contribution in [3.05, 3.63) is 111 Å². The van der Waals surface area contributed by atoms with Gasteiger partial charge in [0.1, 0.15) is 5.82 Å². The van der Waals surface area contributed by atoms with Crippen molar-refractivity contribution in [1.82, 2.24) is 9.80 Å². The Balaban J connectivity index is 1.30. The molecule has 3 aromatic rings.